The van der Waals surface area contributed by atoms with Crippen molar-refractivity contribution in [3.63, 3.8) is 0 Å². The van der Waals surface area contributed by atoms with Crippen LogP contribution < -0.4 is 10.1 Å². The average Bonchev–Trinajstić information content (AvgIpc) is 2.71. The lowest BCUT2D eigenvalue weighted by atomic mass is 9.99. The van der Waals surface area contributed by atoms with Gasteiger partial charge in [-0.25, -0.2) is 0 Å². The number of rotatable bonds is 9. The van der Waals surface area contributed by atoms with Gasteiger partial charge in [-0.2, -0.15) is 0 Å². The normalized spacial score (nSPS) is 13.4. The van der Waals surface area contributed by atoms with Crippen molar-refractivity contribution in [2.24, 2.45) is 0 Å². The second-order valence-electron chi connectivity index (χ2n) is 6.88. The average molecular weight is 380 g/mol. The second-order valence-corrected chi connectivity index (χ2v) is 8.16. The van der Waals surface area contributed by atoms with Gasteiger partial charge in [-0.15, -0.1) is 11.8 Å². The van der Waals surface area contributed by atoms with E-state index in [1.807, 2.05) is 17.8 Å². The molecule has 3 rings (SSSR count). The first-order valence-corrected chi connectivity index (χ1v) is 10.6. The molecule has 0 radical (unpaired) electrons. The van der Waals surface area contributed by atoms with Crippen molar-refractivity contribution in [1.29, 1.82) is 0 Å². The second kappa shape index (κ2) is 9.82. The number of ether oxygens (including phenoxy) is 1. The minimum atomic E-state index is 0.288. The summed E-state index contributed by atoms with van der Waals surface area (Å²) in [4.78, 5) is 1.24. The number of thioether (sulfide) groups is 1. The Morgan fingerprint density at radius 1 is 1.00 bits per heavy atom. The van der Waals surface area contributed by atoms with E-state index in [0.29, 0.717) is 5.37 Å². The molecule has 1 N–H and O–H groups in total. The summed E-state index contributed by atoms with van der Waals surface area (Å²) in [5.74, 6) is 0.913. The molecule has 0 aliphatic carbocycles. The molecule has 3 aromatic carbocycles. The van der Waals surface area contributed by atoms with Crippen LogP contribution in [0.15, 0.2) is 71.6 Å². The Morgan fingerprint density at radius 2 is 1.78 bits per heavy atom. The molecule has 0 amide bonds. The van der Waals surface area contributed by atoms with Crippen LogP contribution in [-0.2, 0) is 0 Å². The SMILES string of the molecule is CCCCC(NC(C)c1cccc2ccccc12)Sc1cccc(OC)c1. The maximum atomic E-state index is 5.38. The molecule has 0 aliphatic heterocycles. The van der Waals surface area contributed by atoms with Crippen LogP contribution >= 0.6 is 11.8 Å². The molecule has 27 heavy (non-hydrogen) atoms. The van der Waals surface area contributed by atoms with Crippen LogP contribution in [0.3, 0.4) is 0 Å². The zero-order chi connectivity index (χ0) is 19.1. The quantitative estimate of drug-likeness (QED) is 0.326. The van der Waals surface area contributed by atoms with E-state index in [1.165, 1.54) is 34.1 Å². The van der Waals surface area contributed by atoms with Crippen LogP contribution in [-0.4, -0.2) is 12.5 Å². The van der Waals surface area contributed by atoms with Crippen LogP contribution in [0, 0.1) is 0 Å². The van der Waals surface area contributed by atoms with E-state index in [9.17, 15) is 0 Å². The first-order valence-electron chi connectivity index (χ1n) is 9.75. The van der Waals surface area contributed by atoms with E-state index in [4.69, 9.17) is 4.74 Å². The fourth-order valence-electron chi connectivity index (χ4n) is 3.40. The molecule has 2 unspecified atom stereocenters. The van der Waals surface area contributed by atoms with Gasteiger partial charge in [-0.3, -0.25) is 5.32 Å². The van der Waals surface area contributed by atoms with Gasteiger partial charge in [0.15, 0.2) is 0 Å². The Labute approximate surface area is 167 Å². The molecule has 3 heteroatoms. The van der Waals surface area contributed by atoms with Crippen LogP contribution in [0.5, 0.6) is 5.75 Å². The van der Waals surface area contributed by atoms with Crippen molar-refractivity contribution in [2.75, 3.05) is 7.11 Å². The molecule has 0 saturated carbocycles. The summed E-state index contributed by atoms with van der Waals surface area (Å²) in [6, 6.07) is 23.9. The van der Waals surface area contributed by atoms with Gasteiger partial charge in [0.25, 0.3) is 0 Å². The minimum absolute atomic E-state index is 0.288. The van der Waals surface area contributed by atoms with Gasteiger partial charge in [-0.05, 0) is 47.9 Å². The zero-order valence-electron chi connectivity index (χ0n) is 16.4. The highest BCUT2D eigenvalue weighted by molar-refractivity contribution is 7.99. The maximum absolute atomic E-state index is 5.38. The molecule has 0 fully saturated rings. The topological polar surface area (TPSA) is 21.3 Å². The van der Waals surface area contributed by atoms with E-state index in [-0.39, 0.29) is 6.04 Å². The molecule has 0 saturated heterocycles. The molecular weight excluding hydrogens is 350 g/mol. The third-order valence-electron chi connectivity index (χ3n) is 4.87. The predicted molar refractivity (Wildman–Crippen MR) is 118 cm³/mol. The fraction of sp³-hybridized carbons (Fsp3) is 0.333. The molecule has 2 atom stereocenters. The van der Waals surface area contributed by atoms with Gasteiger partial charge in [0.2, 0.25) is 0 Å². The van der Waals surface area contributed by atoms with Crippen molar-refractivity contribution in [3.8, 4) is 5.75 Å². The zero-order valence-corrected chi connectivity index (χ0v) is 17.3. The lowest BCUT2D eigenvalue weighted by Gasteiger charge is -2.24. The van der Waals surface area contributed by atoms with E-state index < -0.39 is 0 Å². The Hall–Kier alpha value is -1.97. The molecule has 0 aliphatic rings. The van der Waals surface area contributed by atoms with Crippen molar-refractivity contribution in [1.82, 2.24) is 5.32 Å². The van der Waals surface area contributed by atoms with Gasteiger partial charge in [-0.1, -0.05) is 68.3 Å². The third kappa shape index (κ3) is 5.27. The molecule has 0 aromatic heterocycles. The van der Waals surface area contributed by atoms with Crippen LogP contribution in [0.4, 0.5) is 0 Å². The molecule has 0 heterocycles. The summed E-state index contributed by atoms with van der Waals surface area (Å²) < 4.78 is 5.38. The van der Waals surface area contributed by atoms with Gasteiger partial charge < -0.3 is 4.74 Å². The van der Waals surface area contributed by atoms with E-state index in [2.05, 4.69) is 79.8 Å². The Balaban J connectivity index is 1.78. The van der Waals surface area contributed by atoms with E-state index in [1.54, 1.807) is 7.11 Å². The number of hydrogen-bond acceptors (Lipinski definition) is 3. The summed E-state index contributed by atoms with van der Waals surface area (Å²) in [5, 5.41) is 6.87. The van der Waals surface area contributed by atoms with E-state index >= 15 is 0 Å². The third-order valence-corrected chi connectivity index (χ3v) is 6.05. The number of hydrogen-bond donors (Lipinski definition) is 1. The van der Waals surface area contributed by atoms with Crippen molar-refractivity contribution in [2.45, 2.75) is 49.4 Å². The summed E-state index contributed by atoms with van der Waals surface area (Å²) in [6.45, 7) is 4.52. The highest BCUT2D eigenvalue weighted by Gasteiger charge is 2.16. The molecule has 3 aromatic rings. The monoisotopic (exact) mass is 379 g/mol. The molecule has 142 valence electrons. The first kappa shape index (κ1) is 19.8. The first-order chi connectivity index (χ1) is 13.2. The molecule has 0 bridgehead atoms. The van der Waals surface area contributed by atoms with Crippen molar-refractivity contribution in [3.05, 3.63) is 72.3 Å². The van der Waals surface area contributed by atoms with Crippen LogP contribution in [0.1, 0.15) is 44.7 Å². The Morgan fingerprint density at radius 3 is 2.59 bits per heavy atom. The molecule has 2 nitrogen and oxygen atoms in total. The van der Waals surface area contributed by atoms with Crippen LogP contribution in [0.25, 0.3) is 10.8 Å². The lowest BCUT2D eigenvalue weighted by molar-refractivity contribution is 0.413. The van der Waals surface area contributed by atoms with Gasteiger partial charge in [0, 0.05) is 10.9 Å². The largest absolute Gasteiger partial charge is 0.497 e. The predicted octanol–water partition coefficient (Wildman–Crippen LogP) is 6.81. The standard InChI is InChI=1S/C24H29NOS/c1-4-5-16-24(27-21-13-9-12-20(17-21)26-3)25-18(2)22-15-8-11-19-10-6-7-14-23(19)22/h6-15,17-18,24-25H,4-5,16H2,1-3H3. The van der Waals surface area contributed by atoms with Crippen molar-refractivity contribution < 1.29 is 4.74 Å². The summed E-state index contributed by atoms with van der Waals surface area (Å²) in [7, 11) is 1.72. The number of unbranched alkanes of at least 4 members (excludes halogenated alkanes) is 1. The fourth-order valence-corrected chi connectivity index (χ4v) is 4.63. The smallest absolute Gasteiger partial charge is 0.119 e. The number of fused-ring (bicyclic) bond motifs is 1. The summed E-state index contributed by atoms with van der Waals surface area (Å²) >= 11 is 1.90. The van der Waals surface area contributed by atoms with Gasteiger partial charge in [0.05, 0.1) is 12.5 Å². The van der Waals surface area contributed by atoms with Crippen LogP contribution in [0.2, 0.25) is 0 Å². The highest BCUT2D eigenvalue weighted by atomic mass is 32.2. The summed E-state index contributed by atoms with van der Waals surface area (Å²) in [5.41, 5.74) is 1.36. The van der Waals surface area contributed by atoms with E-state index in [0.717, 1.165) is 12.2 Å². The Bertz CT molecular complexity index is 858. The summed E-state index contributed by atoms with van der Waals surface area (Å²) in [6.07, 6.45) is 3.57. The lowest BCUT2D eigenvalue weighted by Crippen LogP contribution is -2.29. The number of methoxy groups -OCH3 is 1. The maximum Gasteiger partial charge on any atom is 0.119 e. The Kier molecular flexibility index (Phi) is 7.19. The minimum Gasteiger partial charge on any atom is -0.497 e. The van der Waals surface area contributed by atoms with Crippen molar-refractivity contribution >= 4 is 22.5 Å². The van der Waals surface area contributed by atoms with Gasteiger partial charge >= 0.3 is 0 Å². The number of nitrogens with one attached hydrogen (secondary N) is 1. The highest BCUT2D eigenvalue weighted by Crippen LogP contribution is 2.31. The van der Waals surface area contributed by atoms with Gasteiger partial charge in [0.1, 0.15) is 5.75 Å². The molecule has 0 spiro atoms. The number of benzene rings is 3. The molecular formula is C24H29NOS.